The van der Waals surface area contributed by atoms with Crippen LogP contribution in [0.15, 0.2) is 66.7 Å². The van der Waals surface area contributed by atoms with Crippen LogP contribution in [-0.2, 0) is 4.79 Å². The molecule has 2 aliphatic heterocycles. The van der Waals surface area contributed by atoms with Crippen molar-refractivity contribution in [1.29, 1.82) is 0 Å². The standard InChI is InChI=1S/C32H33NO4/c1-4-36-26-12-10-24(11-13-26)20-27(25-8-6-5-7-9-25)31(35)33-16-14-32(15-17-33)21-29(34)28-18-22(2)23(3)19-30(28)37-32/h5-13,18-20H,4,14-17,21H2,1-3H3/b27-20+. The second kappa shape index (κ2) is 10.3. The first-order chi connectivity index (χ1) is 17.9. The summed E-state index contributed by atoms with van der Waals surface area (Å²) in [5, 5.41) is 0. The van der Waals surface area contributed by atoms with Crippen LogP contribution in [0, 0.1) is 13.8 Å². The molecule has 3 aromatic rings. The summed E-state index contributed by atoms with van der Waals surface area (Å²) in [6.45, 7) is 7.70. The van der Waals surface area contributed by atoms with E-state index in [0.717, 1.165) is 28.0 Å². The summed E-state index contributed by atoms with van der Waals surface area (Å²) in [6.07, 6.45) is 3.56. The Kier molecular flexibility index (Phi) is 6.88. The maximum Gasteiger partial charge on any atom is 0.254 e. The van der Waals surface area contributed by atoms with Gasteiger partial charge in [-0.2, -0.15) is 0 Å². The summed E-state index contributed by atoms with van der Waals surface area (Å²) in [7, 11) is 0. The number of carbonyl (C=O) groups is 2. The van der Waals surface area contributed by atoms with Gasteiger partial charge in [-0.05, 0) is 73.4 Å². The summed E-state index contributed by atoms with van der Waals surface area (Å²) >= 11 is 0. The zero-order chi connectivity index (χ0) is 26.0. The number of nitrogens with zero attached hydrogens (tertiary/aromatic N) is 1. The molecule has 0 aromatic heterocycles. The number of aryl methyl sites for hydroxylation is 2. The number of piperidine rings is 1. The molecular formula is C32H33NO4. The van der Waals surface area contributed by atoms with Crippen LogP contribution < -0.4 is 9.47 Å². The van der Waals surface area contributed by atoms with E-state index in [4.69, 9.17) is 9.47 Å². The fourth-order valence-electron chi connectivity index (χ4n) is 5.20. The molecule has 1 spiro atoms. The van der Waals surface area contributed by atoms with E-state index in [1.54, 1.807) is 0 Å². The molecule has 1 amide bonds. The van der Waals surface area contributed by atoms with Crippen LogP contribution >= 0.6 is 0 Å². The first-order valence-corrected chi connectivity index (χ1v) is 13.0. The van der Waals surface area contributed by atoms with Crippen molar-refractivity contribution in [3.05, 3.63) is 94.5 Å². The van der Waals surface area contributed by atoms with Gasteiger partial charge >= 0.3 is 0 Å². The van der Waals surface area contributed by atoms with Gasteiger partial charge in [-0.15, -0.1) is 0 Å². The first-order valence-electron chi connectivity index (χ1n) is 13.0. The second-order valence-electron chi connectivity index (χ2n) is 10.0. The average Bonchev–Trinajstić information content (AvgIpc) is 2.90. The van der Waals surface area contributed by atoms with Crippen LogP contribution in [-0.4, -0.2) is 41.9 Å². The molecule has 0 radical (unpaired) electrons. The van der Waals surface area contributed by atoms with E-state index in [9.17, 15) is 9.59 Å². The molecule has 190 valence electrons. The Balaban J connectivity index is 1.36. The molecule has 2 heterocycles. The van der Waals surface area contributed by atoms with Gasteiger partial charge in [-0.25, -0.2) is 0 Å². The van der Waals surface area contributed by atoms with Gasteiger partial charge < -0.3 is 14.4 Å². The molecule has 0 unspecified atom stereocenters. The Morgan fingerprint density at radius 1 is 1.00 bits per heavy atom. The number of hydrogen-bond acceptors (Lipinski definition) is 4. The van der Waals surface area contributed by atoms with E-state index in [1.165, 1.54) is 0 Å². The fraction of sp³-hybridized carbons (Fsp3) is 0.312. The van der Waals surface area contributed by atoms with Crippen molar-refractivity contribution in [3.63, 3.8) is 0 Å². The highest BCUT2D eigenvalue weighted by molar-refractivity contribution is 6.24. The maximum atomic E-state index is 13.8. The lowest BCUT2D eigenvalue weighted by molar-refractivity contribution is -0.128. The predicted molar refractivity (Wildman–Crippen MR) is 146 cm³/mol. The van der Waals surface area contributed by atoms with Crippen molar-refractivity contribution in [1.82, 2.24) is 4.90 Å². The van der Waals surface area contributed by atoms with Crippen LogP contribution in [0.3, 0.4) is 0 Å². The van der Waals surface area contributed by atoms with Gasteiger partial charge in [0.25, 0.3) is 5.91 Å². The molecule has 3 aromatic carbocycles. The van der Waals surface area contributed by atoms with E-state index >= 15 is 0 Å². The zero-order valence-electron chi connectivity index (χ0n) is 21.8. The molecule has 0 bridgehead atoms. The summed E-state index contributed by atoms with van der Waals surface area (Å²) < 4.78 is 12.0. The van der Waals surface area contributed by atoms with Gasteiger partial charge in [0.15, 0.2) is 5.78 Å². The van der Waals surface area contributed by atoms with Gasteiger partial charge in [0, 0.05) is 31.5 Å². The van der Waals surface area contributed by atoms with Crippen LogP contribution in [0.5, 0.6) is 11.5 Å². The molecule has 5 rings (SSSR count). The number of amides is 1. The molecule has 0 aliphatic carbocycles. The lowest BCUT2D eigenvalue weighted by Gasteiger charge is -2.44. The highest BCUT2D eigenvalue weighted by atomic mass is 16.5. The number of hydrogen-bond donors (Lipinski definition) is 0. The first kappa shape index (κ1) is 24.8. The van der Waals surface area contributed by atoms with Crippen molar-refractivity contribution in [2.45, 2.75) is 45.6 Å². The molecule has 5 nitrogen and oxygen atoms in total. The van der Waals surface area contributed by atoms with Crippen molar-refractivity contribution in [2.75, 3.05) is 19.7 Å². The van der Waals surface area contributed by atoms with Gasteiger partial charge in [0.05, 0.1) is 18.6 Å². The van der Waals surface area contributed by atoms with Crippen LogP contribution in [0.25, 0.3) is 11.6 Å². The van der Waals surface area contributed by atoms with Crippen molar-refractivity contribution >= 4 is 23.3 Å². The van der Waals surface area contributed by atoms with Gasteiger partial charge in [0.2, 0.25) is 0 Å². The largest absolute Gasteiger partial charge is 0.494 e. The lowest BCUT2D eigenvalue weighted by atomic mass is 9.81. The summed E-state index contributed by atoms with van der Waals surface area (Å²) in [5.74, 6) is 1.61. The SMILES string of the molecule is CCOc1ccc(/C=C(/C(=O)N2CCC3(CC2)CC(=O)c2cc(C)c(C)cc2O3)c2ccccc2)cc1. The predicted octanol–water partition coefficient (Wildman–Crippen LogP) is 6.27. The monoisotopic (exact) mass is 495 g/mol. The molecule has 2 aliphatic rings. The Bertz CT molecular complexity index is 1330. The van der Waals surface area contributed by atoms with Gasteiger partial charge in [-0.1, -0.05) is 42.5 Å². The maximum absolute atomic E-state index is 13.8. The molecule has 0 saturated carbocycles. The van der Waals surface area contributed by atoms with Crippen molar-refractivity contribution in [3.8, 4) is 11.5 Å². The number of fused-ring (bicyclic) bond motifs is 1. The Morgan fingerprint density at radius 2 is 1.68 bits per heavy atom. The zero-order valence-corrected chi connectivity index (χ0v) is 21.8. The Morgan fingerprint density at radius 3 is 2.35 bits per heavy atom. The minimum absolute atomic E-state index is 0.0102. The van der Waals surface area contributed by atoms with E-state index in [0.29, 0.717) is 55.8 Å². The quantitative estimate of drug-likeness (QED) is 0.309. The third-order valence-electron chi connectivity index (χ3n) is 7.48. The molecule has 1 saturated heterocycles. The van der Waals surface area contributed by atoms with E-state index < -0.39 is 5.60 Å². The van der Waals surface area contributed by atoms with Crippen LogP contribution in [0.4, 0.5) is 0 Å². The van der Waals surface area contributed by atoms with E-state index in [2.05, 4.69) is 0 Å². The molecule has 1 fully saturated rings. The molecule has 5 heteroatoms. The number of carbonyl (C=O) groups excluding carboxylic acids is 2. The Labute approximate surface area is 218 Å². The van der Waals surface area contributed by atoms with E-state index in [1.807, 2.05) is 98.5 Å². The third-order valence-corrected chi connectivity index (χ3v) is 7.48. The highest BCUT2D eigenvalue weighted by Gasteiger charge is 2.44. The van der Waals surface area contributed by atoms with Crippen LogP contribution in [0.1, 0.15) is 58.8 Å². The molecular weight excluding hydrogens is 462 g/mol. The van der Waals surface area contributed by atoms with E-state index in [-0.39, 0.29) is 11.7 Å². The highest BCUT2D eigenvalue weighted by Crippen LogP contribution is 2.41. The smallest absolute Gasteiger partial charge is 0.254 e. The normalized spacial score (nSPS) is 16.8. The number of rotatable bonds is 5. The number of ketones is 1. The number of ether oxygens (including phenoxy) is 2. The van der Waals surface area contributed by atoms with Gasteiger partial charge in [-0.3, -0.25) is 9.59 Å². The summed E-state index contributed by atoms with van der Waals surface area (Å²) in [5.41, 5.74) is 4.81. The van der Waals surface area contributed by atoms with Crippen molar-refractivity contribution in [2.24, 2.45) is 0 Å². The topological polar surface area (TPSA) is 55.8 Å². The lowest BCUT2D eigenvalue weighted by Crippen LogP contribution is -2.52. The second-order valence-corrected chi connectivity index (χ2v) is 10.0. The molecule has 37 heavy (non-hydrogen) atoms. The molecule has 0 N–H and O–H groups in total. The molecule has 0 atom stereocenters. The summed E-state index contributed by atoms with van der Waals surface area (Å²) in [6, 6.07) is 21.5. The minimum Gasteiger partial charge on any atom is -0.494 e. The average molecular weight is 496 g/mol. The summed E-state index contributed by atoms with van der Waals surface area (Å²) in [4.78, 5) is 28.7. The number of Topliss-reactive ketones (excluding diaryl/α,β-unsaturated/α-hetero) is 1. The van der Waals surface area contributed by atoms with Gasteiger partial charge in [0.1, 0.15) is 17.1 Å². The minimum atomic E-state index is -0.547. The van der Waals surface area contributed by atoms with Crippen LogP contribution in [0.2, 0.25) is 0 Å². The third kappa shape index (κ3) is 5.17. The fourth-order valence-corrected chi connectivity index (χ4v) is 5.20. The van der Waals surface area contributed by atoms with Crippen molar-refractivity contribution < 1.29 is 19.1 Å². The Hall–Kier alpha value is -3.86. The number of likely N-dealkylation sites (tertiary alicyclic amines) is 1. The number of benzene rings is 3.